The van der Waals surface area contributed by atoms with Crippen molar-refractivity contribution in [3.05, 3.63) is 23.7 Å². The Bertz CT molecular complexity index is 794. The number of amides is 3. The first-order valence-corrected chi connectivity index (χ1v) is 9.10. The molecule has 3 amide bonds. The van der Waals surface area contributed by atoms with E-state index in [1.807, 2.05) is 0 Å². The number of nitrogens with one attached hydrogen (secondary N) is 2. The molecular weight excluding hydrogens is 372 g/mol. The molecule has 2 bridgehead atoms. The maximum absolute atomic E-state index is 12.5. The second-order valence-corrected chi connectivity index (χ2v) is 6.70. The lowest BCUT2D eigenvalue weighted by molar-refractivity contribution is -0.139. The summed E-state index contributed by atoms with van der Waals surface area (Å²) in [7, 11) is -3.12. The minimum atomic E-state index is -4.91. The van der Waals surface area contributed by atoms with Gasteiger partial charge in [0, 0.05) is 5.56 Å². The van der Waals surface area contributed by atoms with Crippen molar-refractivity contribution in [2.45, 2.75) is 18.5 Å². The smallest absolute Gasteiger partial charge is 0.418 e. The summed E-state index contributed by atoms with van der Waals surface area (Å²) in [6.07, 6.45) is 1.98. The SMILES string of the molecule is CNCCCONC(=O)[C@@H]1c2occc2[C@@H]2CN1C(=O)N2OS(=O)(=O)O. The maximum atomic E-state index is 12.5. The highest BCUT2D eigenvalue weighted by molar-refractivity contribution is 7.80. The zero-order valence-electron chi connectivity index (χ0n) is 13.7. The number of hydrogen-bond donors (Lipinski definition) is 3. The van der Waals surface area contributed by atoms with Crippen molar-refractivity contribution in [3.8, 4) is 0 Å². The molecule has 0 radical (unpaired) electrons. The second kappa shape index (κ2) is 7.20. The lowest BCUT2D eigenvalue weighted by Gasteiger charge is -2.28. The van der Waals surface area contributed by atoms with Crippen molar-refractivity contribution in [3.63, 3.8) is 0 Å². The van der Waals surface area contributed by atoms with Gasteiger partial charge >= 0.3 is 16.4 Å². The van der Waals surface area contributed by atoms with E-state index in [0.717, 1.165) is 4.90 Å². The average Bonchev–Trinajstić information content (AvgIpc) is 3.14. The number of furan rings is 1. The van der Waals surface area contributed by atoms with Gasteiger partial charge in [-0.05, 0) is 26.1 Å². The van der Waals surface area contributed by atoms with Gasteiger partial charge in [-0.2, -0.15) is 13.5 Å². The number of fused-ring (bicyclic) bond motifs is 4. The van der Waals surface area contributed by atoms with Crippen LogP contribution >= 0.6 is 0 Å². The van der Waals surface area contributed by atoms with Gasteiger partial charge < -0.3 is 14.6 Å². The van der Waals surface area contributed by atoms with E-state index in [1.165, 1.54) is 12.3 Å². The van der Waals surface area contributed by atoms with E-state index >= 15 is 0 Å². The number of nitrogens with zero attached hydrogens (tertiary/aromatic N) is 2. The average molecular weight is 390 g/mol. The van der Waals surface area contributed by atoms with E-state index in [-0.39, 0.29) is 18.9 Å². The fourth-order valence-electron chi connectivity index (χ4n) is 2.95. The predicted molar refractivity (Wildman–Crippen MR) is 83.4 cm³/mol. The molecule has 13 heteroatoms. The van der Waals surface area contributed by atoms with Crippen LogP contribution < -0.4 is 10.8 Å². The molecule has 1 aromatic rings. The van der Waals surface area contributed by atoms with Crippen LogP contribution in [0.1, 0.15) is 29.8 Å². The van der Waals surface area contributed by atoms with Gasteiger partial charge in [-0.3, -0.25) is 14.2 Å². The van der Waals surface area contributed by atoms with E-state index in [1.54, 1.807) is 7.05 Å². The van der Waals surface area contributed by atoms with Crippen LogP contribution in [0.5, 0.6) is 0 Å². The summed E-state index contributed by atoms with van der Waals surface area (Å²) in [6.45, 7) is 0.952. The quantitative estimate of drug-likeness (QED) is 0.303. The Morgan fingerprint density at radius 2 is 2.27 bits per heavy atom. The summed E-state index contributed by atoms with van der Waals surface area (Å²) >= 11 is 0. The third kappa shape index (κ3) is 3.52. The largest absolute Gasteiger partial charge is 0.466 e. The molecule has 2 atom stereocenters. The number of rotatable bonds is 8. The Balaban J connectivity index is 1.77. The summed E-state index contributed by atoms with van der Waals surface area (Å²) in [6, 6.07) is -1.37. The molecule has 144 valence electrons. The molecule has 0 aliphatic carbocycles. The van der Waals surface area contributed by atoms with Crippen LogP contribution in [0.2, 0.25) is 0 Å². The van der Waals surface area contributed by atoms with Crippen LogP contribution in [0.4, 0.5) is 4.79 Å². The molecule has 0 aromatic carbocycles. The molecule has 2 aliphatic rings. The molecule has 0 unspecified atom stereocenters. The second-order valence-electron chi connectivity index (χ2n) is 5.69. The van der Waals surface area contributed by atoms with E-state index in [9.17, 15) is 18.0 Å². The standard InChI is InChI=1S/C13H18N4O8S/c1-14-4-2-5-24-15-12(18)10-11-8(3-6-23-11)9-7-16(10)13(19)17(9)25-26(20,21)22/h3,6,9-10,14H,2,4-5,7H2,1H3,(H,15,18)(H,20,21,22)/t9-,10-/m0/s1. The van der Waals surface area contributed by atoms with Gasteiger partial charge in [0.15, 0.2) is 6.04 Å². The number of urea groups is 1. The van der Waals surface area contributed by atoms with Crippen LogP contribution in [-0.2, 0) is 24.3 Å². The summed E-state index contributed by atoms with van der Waals surface area (Å²) in [5, 5.41) is 3.43. The predicted octanol–water partition coefficient (Wildman–Crippen LogP) is -0.495. The number of hydroxylamine groups is 3. The first-order chi connectivity index (χ1) is 12.3. The zero-order chi connectivity index (χ0) is 18.9. The van der Waals surface area contributed by atoms with Gasteiger partial charge in [0.1, 0.15) is 11.8 Å². The molecule has 12 nitrogen and oxygen atoms in total. The van der Waals surface area contributed by atoms with E-state index < -0.39 is 34.4 Å². The van der Waals surface area contributed by atoms with Crippen molar-refractivity contribution >= 4 is 22.3 Å². The van der Waals surface area contributed by atoms with Crippen molar-refractivity contribution in [1.82, 2.24) is 20.8 Å². The Labute approximate surface area is 148 Å². The monoisotopic (exact) mass is 390 g/mol. The van der Waals surface area contributed by atoms with Gasteiger partial charge in [0.25, 0.3) is 5.91 Å². The van der Waals surface area contributed by atoms with Gasteiger partial charge in [-0.25, -0.2) is 10.3 Å². The summed E-state index contributed by atoms with van der Waals surface area (Å²) in [4.78, 5) is 31.1. The molecule has 1 fully saturated rings. The van der Waals surface area contributed by atoms with Gasteiger partial charge in [0.05, 0.1) is 19.4 Å². The van der Waals surface area contributed by atoms with Crippen LogP contribution in [0.3, 0.4) is 0 Å². The minimum Gasteiger partial charge on any atom is -0.466 e. The van der Waals surface area contributed by atoms with Crippen molar-refractivity contribution in [1.29, 1.82) is 0 Å². The molecule has 0 spiro atoms. The van der Waals surface area contributed by atoms with Gasteiger partial charge in [-0.1, -0.05) is 0 Å². The fraction of sp³-hybridized carbons (Fsp3) is 0.538. The normalized spacial score (nSPS) is 21.8. The fourth-order valence-corrected chi connectivity index (χ4v) is 3.32. The Morgan fingerprint density at radius 3 is 2.96 bits per heavy atom. The highest BCUT2D eigenvalue weighted by atomic mass is 32.3. The van der Waals surface area contributed by atoms with E-state index in [0.29, 0.717) is 23.6 Å². The topological polar surface area (TPSA) is 151 Å². The first-order valence-electron chi connectivity index (χ1n) is 7.74. The Morgan fingerprint density at radius 1 is 1.50 bits per heavy atom. The van der Waals surface area contributed by atoms with Gasteiger partial charge in [-0.15, -0.1) is 4.28 Å². The lowest BCUT2D eigenvalue weighted by Crippen LogP contribution is -2.43. The molecule has 1 aromatic heterocycles. The third-order valence-corrected chi connectivity index (χ3v) is 4.35. The summed E-state index contributed by atoms with van der Waals surface area (Å²) in [5.74, 6) is -0.474. The first kappa shape index (κ1) is 18.6. The van der Waals surface area contributed by atoms with Gasteiger partial charge in [0.2, 0.25) is 0 Å². The molecule has 3 N–H and O–H groups in total. The van der Waals surface area contributed by atoms with Crippen LogP contribution in [0.15, 0.2) is 16.7 Å². The molecule has 3 heterocycles. The summed E-state index contributed by atoms with van der Waals surface area (Å²) < 4.78 is 40.6. The molecule has 2 aliphatic heterocycles. The van der Waals surface area contributed by atoms with E-state index in [4.69, 9.17) is 13.8 Å². The molecule has 26 heavy (non-hydrogen) atoms. The summed E-state index contributed by atoms with van der Waals surface area (Å²) in [5.41, 5.74) is 2.67. The Hall–Kier alpha value is -2.19. The van der Waals surface area contributed by atoms with Crippen molar-refractivity contribution < 1.29 is 36.1 Å². The Kier molecular flexibility index (Phi) is 5.15. The van der Waals surface area contributed by atoms with Crippen LogP contribution in [0.25, 0.3) is 0 Å². The molecule has 3 rings (SSSR count). The molecular formula is C13H18N4O8S. The van der Waals surface area contributed by atoms with E-state index in [2.05, 4.69) is 15.1 Å². The maximum Gasteiger partial charge on any atom is 0.418 e. The number of carbonyl (C=O) groups is 2. The lowest BCUT2D eigenvalue weighted by atomic mass is 9.98. The van der Waals surface area contributed by atoms with Crippen LogP contribution in [-0.4, -0.2) is 61.6 Å². The van der Waals surface area contributed by atoms with Crippen molar-refractivity contribution in [2.24, 2.45) is 0 Å². The molecule has 1 saturated heterocycles. The zero-order valence-corrected chi connectivity index (χ0v) is 14.6. The third-order valence-electron chi connectivity index (χ3n) is 4.00. The number of carbonyl (C=O) groups excluding carboxylic acids is 2. The number of hydrogen-bond acceptors (Lipinski definition) is 8. The highest BCUT2D eigenvalue weighted by Gasteiger charge is 2.53. The molecule has 0 saturated carbocycles. The van der Waals surface area contributed by atoms with Crippen LogP contribution in [0, 0.1) is 0 Å². The van der Waals surface area contributed by atoms with Crippen molar-refractivity contribution in [2.75, 3.05) is 26.7 Å². The minimum absolute atomic E-state index is 0.0152. The highest BCUT2D eigenvalue weighted by Crippen LogP contribution is 2.44.